The molecule has 0 spiro atoms. The third-order valence-corrected chi connectivity index (χ3v) is 1.49. The van der Waals surface area contributed by atoms with Gasteiger partial charge in [-0.2, -0.15) is 0 Å². The molecule has 0 saturated heterocycles. The average Bonchev–Trinajstić information content (AvgIpc) is 2.13. The molecule has 0 bridgehead atoms. The Hall–Kier alpha value is -0.0800. The van der Waals surface area contributed by atoms with Crippen molar-refractivity contribution < 1.29 is 10.2 Å². The fourth-order valence-electron chi connectivity index (χ4n) is 0.715. The van der Waals surface area contributed by atoms with Gasteiger partial charge in [0.05, 0.1) is 0 Å². The standard InChI is InChI=1S/C7H16O.C3H8O/c1-2-3-4-5-6-7-8;1-2-3-4/h8H,2-7H2,1H3;4H,2-3H2,1H3. The average molecular weight is 176 g/mol. The predicted octanol–water partition coefficient (Wildman–Crippen LogP) is 2.34. The molecule has 0 aliphatic carbocycles. The fraction of sp³-hybridized carbons (Fsp3) is 1.00. The molecule has 2 nitrogen and oxygen atoms in total. The minimum absolute atomic E-state index is 0.319. The van der Waals surface area contributed by atoms with Crippen molar-refractivity contribution >= 4 is 0 Å². The molecule has 0 amide bonds. The summed E-state index contributed by atoms with van der Waals surface area (Å²) in [4.78, 5) is 0. The summed E-state index contributed by atoms with van der Waals surface area (Å²) in [6.45, 7) is 4.81. The van der Waals surface area contributed by atoms with E-state index in [4.69, 9.17) is 10.2 Å². The number of aliphatic hydroxyl groups excluding tert-OH is 2. The SMILES string of the molecule is CCCCCCCO.CCCO. The van der Waals surface area contributed by atoms with Crippen LogP contribution in [0.1, 0.15) is 52.4 Å². The Kier molecular flexibility index (Phi) is 20.6. The molecule has 0 aromatic heterocycles. The second-order valence-corrected chi connectivity index (χ2v) is 2.86. The van der Waals surface area contributed by atoms with Crippen LogP contribution in [-0.4, -0.2) is 23.4 Å². The Labute approximate surface area is 76.6 Å². The molecule has 0 rings (SSSR count). The van der Waals surface area contributed by atoms with E-state index in [9.17, 15) is 0 Å². The van der Waals surface area contributed by atoms with Crippen molar-refractivity contribution in [3.05, 3.63) is 0 Å². The third kappa shape index (κ3) is 22.5. The van der Waals surface area contributed by atoms with Gasteiger partial charge in [-0.25, -0.2) is 0 Å². The third-order valence-electron chi connectivity index (χ3n) is 1.49. The van der Waals surface area contributed by atoms with Crippen molar-refractivity contribution in [1.29, 1.82) is 0 Å². The predicted molar refractivity (Wildman–Crippen MR) is 53.2 cm³/mol. The lowest BCUT2D eigenvalue weighted by molar-refractivity contribution is 0.282. The van der Waals surface area contributed by atoms with Crippen molar-refractivity contribution in [2.75, 3.05) is 13.2 Å². The van der Waals surface area contributed by atoms with Crippen LogP contribution >= 0.6 is 0 Å². The maximum absolute atomic E-state index is 8.37. The van der Waals surface area contributed by atoms with Gasteiger partial charge in [0.25, 0.3) is 0 Å². The highest BCUT2D eigenvalue weighted by molar-refractivity contribution is 4.39. The monoisotopic (exact) mass is 176 g/mol. The highest BCUT2D eigenvalue weighted by Crippen LogP contribution is 2.00. The van der Waals surface area contributed by atoms with Crippen molar-refractivity contribution in [2.45, 2.75) is 52.4 Å². The summed E-state index contributed by atoms with van der Waals surface area (Å²) in [5, 5.41) is 16.2. The lowest BCUT2D eigenvalue weighted by Crippen LogP contribution is -1.81. The Balaban J connectivity index is 0. The number of rotatable bonds is 6. The zero-order chi connectivity index (χ0) is 9.66. The molecular weight excluding hydrogens is 152 g/mol. The maximum Gasteiger partial charge on any atom is 0.0431 e. The van der Waals surface area contributed by atoms with Crippen LogP contribution in [-0.2, 0) is 0 Å². The van der Waals surface area contributed by atoms with Gasteiger partial charge in [0, 0.05) is 13.2 Å². The van der Waals surface area contributed by atoms with E-state index >= 15 is 0 Å². The molecule has 12 heavy (non-hydrogen) atoms. The minimum atomic E-state index is 0.319. The van der Waals surface area contributed by atoms with Gasteiger partial charge >= 0.3 is 0 Å². The van der Waals surface area contributed by atoms with E-state index in [1.54, 1.807) is 0 Å². The van der Waals surface area contributed by atoms with E-state index in [2.05, 4.69) is 6.92 Å². The van der Waals surface area contributed by atoms with Crippen molar-refractivity contribution in [3.8, 4) is 0 Å². The van der Waals surface area contributed by atoms with Crippen LogP contribution in [0.5, 0.6) is 0 Å². The Morgan fingerprint density at radius 1 is 0.667 bits per heavy atom. The lowest BCUT2D eigenvalue weighted by Gasteiger charge is -1.93. The molecule has 0 aromatic rings. The first-order valence-electron chi connectivity index (χ1n) is 5.05. The molecule has 0 heterocycles. The number of hydrogen-bond donors (Lipinski definition) is 2. The van der Waals surface area contributed by atoms with Gasteiger partial charge < -0.3 is 10.2 Å². The summed E-state index contributed by atoms with van der Waals surface area (Å²) in [5.74, 6) is 0. The summed E-state index contributed by atoms with van der Waals surface area (Å²) in [7, 11) is 0. The summed E-state index contributed by atoms with van der Waals surface area (Å²) < 4.78 is 0. The maximum atomic E-state index is 8.37. The molecule has 2 heteroatoms. The largest absolute Gasteiger partial charge is 0.396 e. The van der Waals surface area contributed by atoms with Crippen molar-refractivity contribution in [2.24, 2.45) is 0 Å². The fourth-order valence-corrected chi connectivity index (χ4v) is 0.715. The Bertz CT molecular complexity index is 47.8. The zero-order valence-electron chi connectivity index (χ0n) is 8.55. The Morgan fingerprint density at radius 2 is 1.17 bits per heavy atom. The highest BCUT2D eigenvalue weighted by atomic mass is 16.3. The number of aliphatic hydroxyl groups is 2. The van der Waals surface area contributed by atoms with Crippen LogP contribution in [0.15, 0.2) is 0 Å². The normalized spacial score (nSPS) is 9.00. The molecule has 0 atom stereocenters. The molecule has 0 unspecified atom stereocenters. The van der Waals surface area contributed by atoms with Crippen LogP contribution in [0.25, 0.3) is 0 Å². The second kappa shape index (κ2) is 17.1. The quantitative estimate of drug-likeness (QED) is 0.610. The van der Waals surface area contributed by atoms with Gasteiger partial charge in [-0.15, -0.1) is 0 Å². The van der Waals surface area contributed by atoms with Gasteiger partial charge in [-0.05, 0) is 12.8 Å². The van der Waals surface area contributed by atoms with Crippen LogP contribution < -0.4 is 0 Å². The van der Waals surface area contributed by atoms with E-state index in [1.165, 1.54) is 25.7 Å². The van der Waals surface area contributed by atoms with Crippen molar-refractivity contribution in [3.63, 3.8) is 0 Å². The zero-order valence-corrected chi connectivity index (χ0v) is 8.55. The van der Waals surface area contributed by atoms with Crippen LogP contribution in [0, 0.1) is 0 Å². The summed E-state index contributed by atoms with van der Waals surface area (Å²) in [5.41, 5.74) is 0. The first kappa shape index (κ1) is 14.4. The molecule has 0 radical (unpaired) electrons. The summed E-state index contributed by atoms with van der Waals surface area (Å²) in [6, 6.07) is 0. The summed E-state index contributed by atoms with van der Waals surface area (Å²) in [6.07, 6.45) is 6.95. The molecule has 0 aliphatic rings. The van der Waals surface area contributed by atoms with Crippen LogP contribution in [0.3, 0.4) is 0 Å². The van der Waals surface area contributed by atoms with Crippen LogP contribution in [0.2, 0.25) is 0 Å². The second-order valence-electron chi connectivity index (χ2n) is 2.86. The van der Waals surface area contributed by atoms with Crippen molar-refractivity contribution in [1.82, 2.24) is 0 Å². The van der Waals surface area contributed by atoms with E-state index in [-0.39, 0.29) is 0 Å². The molecule has 2 N–H and O–H groups in total. The van der Waals surface area contributed by atoms with E-state index in [0.29, 0.717) is 13.2 Å². The molecular formula is C10H24O2. The van der Waals surface area contributed by atoms with Gasteiger partial charge in [0.1, 0.15) is 0 Å². The van der Waals surface area contributed by atoms with Gasteiger partial charge in [0.2, 0.25) is 0 Å². The van der Waals surface area contributed by atoms with Gasteiger partial charge in [0.15, 0.2) is 0 Å². The van der Waals surface area contributed by atoms with Gasteiger partial charge in [-0.3, -0.25) is 0 Å². The first-order valence-corrected chi connectivity index (χ1v) is 5.05. The number of hydrogen-bond acceptors (Lipinski definition) is 2. The topological polar surface area (TPSA) is 40.5 Å². The summed E-state index contributed by atoms with van der Waals surface area (Å²) >= 11 is 0. The van der Waals surface area contributed by atoms with Gasteiger partial charge in [-0.1, -0.05) is 39.5 Å². The van der Waals surface area contributed by atoms with Crippen LogP contribution in [0.4, 0.5) is 0 Å². The minimum Gasteiger partial charge on any atom is -0.396 e. The Morgan fingerprint density at radius 3 is 1.50 bits per heavy atom. The molecule has 0 saturated carbocycles. The lowest BCUT2D eigenvalue weighted by atomic mass is 10.2. The molecule has 0 fully saturated rings. The highest BCUT2D eigenvalue weighted by Gasteiger charge is 1.84. The van der Waals surface area contributed by atoms with E-state index < -0.39 is 0 Å². The number of unbranched alkanes of at least 4 members (excludes halogenated alkanes) is 4. The van der Waals surface area contributed by atoms with E-state index in [0.717, 1.165) is 12.8 Å². The molecule has 0 aliphatic heterocycles. The smallest absolute Gasteiger partial charge is 0.0431 e. The van der Waals surface area contributed by atoms with E-state index in [1.807, 2.05) is 6.92 Å². The first-order chi connectivity index (χ1) is 5.83. The molecule has 0 aromatic carbocycles. The molecule has 76 valence electrons.